The number of carbonyl (C=O) groups excluding carboxylic acids is 1. The average Bonchev–Trinajstić information content (AvgIpc) is 3.28. The SMILES string of the molecule is CCn1c2ccccc2c2cc(C=NNC(=O)c3cccs3)ccc21. The molecular weight excluding hydrogens is 330 g/mol. The number of nitrogens with one attached hydrogen (secondary N) is 1. The molecule has 0 aliphatic rings. The minimum absolute atomic E-state index is 0.185. The van der Waals surface area contributed by atoms with Crippen molar-refractivity contribution in [2.45, 2.75) is 13.5 Å². The zero-order valence-electron chi connectivity index (χ0n) is 13.8. The van der Waals surface area contributed by atoms with Gasteiger partial charge in [-0.2, -0.15) is 5.10 Å². The van der Waals surface area contributed by atoms with E-state index < -0.39 is 0 Å². The highest BCUT2D eigenvalue weighted by molar-refractivity contribution is 7.12. The lowest BCUT2D eigenvalue weighted by atomic mass is 10.1. The van der Waals surface area contributed by atoms with E-state index in [1.54, 1.807) is 12.3 Å². The highest BCUT2D eigenvalue weighted by Crippen LogP contribution is 2.29. The fraction of sp³-hybridized carbons (Fsp3) is 0.100. The summed E-state index contributed by atoms with van der Waals surface area (Å²) in [6.45, 7) is 3.08. The van der Waals surface area contributed by atoms with E-state index in [-0.39, 0.29) is 5.91 Å². The van der Waals surface area contributed by atoms with Gasteiger partial charge in [-0.15, -0.1) is 11.3 Å². The molecule has 0 bridgehead atoms. The molecule has 1 N–H and O–H groups in total. The molecule has 0 saturated carbocycles. The fourth-order valence-corrected chi connectivity index (χ4v) is 3.73. The van der Waals surface area contributed by atoms with Crippen LogP contribution in [-0.2, 0) is 6.54 Å². The first-order valence-corrected chi connectivity index (χ1v) is 9.04. The molecule has 25 heavy (non-hydrogen) atoms. The maximum atomic E-state index is 11.9. The second-order valence-corrected chi connectivity index (χ2v) is 6.66. The summed E-state index contributed by atoms with van der Waals surface area (Å²) < 4.78 is 2.31. The lowest BCUT2D eigenvalue weighted by molar-refractivity contribution is 0.0959. The van der Waals surface area contributed by atoms with Gasteiger partial charge in [0.15, 0.2) is 0 Å². The number of hydrogen-bond donors (Lipinski definition) is 1. The molecule has 4 rings (SSSR count). The Hall–Kier alpha value is -2.92. The van der Waals surface area contributed by atoms with Crippen LogP contribution >= 0.6 is 11.3 Å². The monoisotopic (exact) mass is 347 g/mol. The second-order valence-electron chi connectivity index (χ2n) is 5.71. The lowest BCUT2D eigenvalue weighted by Gasteiger charge is -2.02. The Balaban J connectivity index is 1.66. The molecule has 5 heteroatoms. The maximum Gasteiger partial charge on any atom is 0.281 e. The van der Waals surface area contributed by atoms with E-state index >= 15 is 0 Å². The summed E-state index contributed by atoms with van der Waals surface area (Å²) in [5.41, 5.74) is 5.98. The standard InChI is InChI=1S/C20H17N3OS/c1-2-23-17-7-4-3-6-15(17)16-12-14(9-10-18(16)23)13-21-22-20(24)19-8-5-11-25-19/h3-13H,2H2,1H3,(H,22,24). The largest absolute Gasteiger partial charge is 0.341 e. The zero-order chi connectivity index (χ0) is 17.2. The number of fused-ring (bicyclic) bond motifs is 3. The van der Waals surface area contributed by atoms with Crippen LogP contribution < -0.4 is 5.43 Å². The third-order valence-electron chi connectivity index (χ3n) is 4.24. The Morgan fingerprint density at radius 1 is 1.12 bits per heavy atom. The van der Waals surface area contributed by atoms with Gasteiger partial charge >= 0.3 is 0 Å². The molecule has 2 aromatic carbocycles. The lowest BCUT2D eigenvalue weighted by Crippen LogP contribution is -2.16. The summed E-state index contributed by atoms with van der Waals surface area (Å²) in [4.78, 5) is 12.6. The van der Waals surface area contributed by atoms with E-state index in [0.29, 0.717) is 4.88 Å². The van der Waals surface area contributed by atoms with E-state index in [4.69, 9.17) is 0 Å². The van der Waals surface area contributed by atoms with E-state index in [2.05, 4.69) is 58.4 Å². The summed E-state index contributed by atoms with van der Waals surface area (Å²) >= 11 is 1.40. The van der Waals surface area contributed by atoms with Crippen molar-refractivity contribution in [3.05, 3.63) is 70.4 Å². The smallest absolute Gasteiger partial charge is 0.281 e. The van der Waals surface area contributed by atoms with Gasteiger partial charge in [0.25, 0.3) is 5.91 Å². The molecule has 2 aromatic heterocycles. The van der Waals surface area contributed by atoms with Crippen molar-refractivity contribution >= 4 is 45.3 Å². The van der Waals surface area contributed by atoms with Crippen LogP contribution in [0.4, 0.5) is 0 Å². The number of amides is 1. The highest BCUT2D eigenvalue weighted by atomic mass is 32.1. The average molecular weight is 347 g/mol. The van der Waals surface area contributed by atoms with Crippen LogP contribution in [0.1, 0.15) is 22.2 Å². The van der Waals surface area contributed by atoms with Gasteiger partial charge in [-0.25, -0.2) is 5.43 Å². The number of benzene rings is 2. The van der Waals surface area contributed by atoms with Gasteiger partial charge in [-0.05, 0) is 42.1 Å². The minimum Gasteiger partial charge on any atom is -0.341 e. The van der Waals surface area contributed by atoms with Crippen LogP contribution in [0.2, 0.25) is 0 Å². The maximum absolute atomic E-state index is 11.9. The van der Waals surface area contributed by atoms with Gasteiger partial charge in [-0.3, -0.25) is 4.79 Å². The van der Waals surface area contributed by atoms with Crippen molar-refractivity contribution in [1.82, 2.24) is 9.99 Å². The Labute approximate surface area is 149 Å². The molecular formula is C20H17N3OS. The Morgan fingerprint density at radius 2 is 1.96 bits per heavy atom. The number of thiophene rings is 1. The van der Waals surface area contributed by atoms with Crippen molar-refractivity contribution in [3.8, 4) is 0 Å². The first kappa shape index (κ1) is 15.6. The first-order chi connectivity index (χ1) is 12.3. The van der Waals surface area contributed by atoms with E-state index in [0.717, 1.165) is 12.1 Å². The van der Waals surface area contributed by atoms with Crippen molar-refractivity contribution in [2.75, 3.05) is 0 Å². The number of hydrogen-bond acceptors (Lipinski definition) is 3. The predicted molar refractivity (Wildman–Crippen MR) is 104 cm³/mol. The van der Waals surface area contributed by atoms with Gasteiger partial charge in [0.2, 0.25) is 0 Å². The third-order valence-corrected chi connectivity index (χ3v) is 5.11. The molecule has 0 fully saturated rings. The summed E-state index contributed by atoms with van der Waals surface area (Å²) in [7, 11) is 0. The minimum atomic E-state index is -0.185. The number of aromatic nitrogens is 1. The van der Waals surface area contributed by atoms with Crippen LogP contribution in [0.3, 0.4) is 0 Å². The zero-order valence-corrected chi connectivity index (χ0v) is 14.6. The Bertz CT molecular complexity index is 1080. The molecule has 0 atom stereocenters. The molecule has 1 amide bonds. The first-order valence-electron chi connectivity index (χ1n) is 8.16. The molecule has 0 radical (unpaired) electrons. The molecule has 0 unspecified atom stereocenters. The van der Waals surface area contributed by atoms with Crippen LogP contribution in [0.25, 0.3) is 21.8 Å². The molecule has 4 aromatic rings. The van der Waals surface area contributed by atoms with Crippen LogP contribution in [0.5, 0.6) is 0 Å². The van der Waals surface area contributed by atoms with Crippen LogP contribution in [0.15, 0.2) is 65.1 Å². The molecule has 124 valence electrons. The normalized spacial score (nSPS) is 11.6. The van der Waals surface area contributed by atoms with Crippen LogP contribution in [-0.4, -0.2) is 16.7 Å². The quantitative estimate of drug-likeness (QED) is 0.424. The number of para-hydroxylation sites is 1. The molecule has 4 nitrogen and oxygen atoms in total. The Morgan fingerprint density at radius 3 is 2.76 bits per heavy atom. The van der Waals surface area contributed by atoms with Gasteiger partial charge < -0.3 is 4.57 Å². The summed E-state index contributed by atoms with van der Waals surface area (Å²) in [6.07, 6.45) is 1.68. The van der Waals surface area contributed by atoms with Gasteiger partial charge in [0.05, 0.1) is 11.1 Å². The number of aryl methyl sites for hydroxylation is 1. The van der Waals surface area contributed by atoms with Crippen molar-refractivity contribution in [2.24, 2.45) is 5.10 Å². The molecule has 2 heterocycles. The number of carbonyl (C=O) groups is 1. The van der Waals surface area contributed by atoms with Crippen molar-refractivity contribution in [3.63, 3.8) is 0 Å². The number of nitrogens with zero attached hydrogens (tertiary/aromatic N) is 2. The van der Waals surface area contributed by atoms with Crippen LogP contribution in [0, 0.1) is 0 Å². The number of rotatable bonds is 4. The highest BCUT2D eigenvalue weighted by Gasteiger charge is 2.09. The predicted octanol–water partition coefficient (Wildman–Crippen LogP) is 4.64. The van der Waals surface area contributed by atoms with Crippen molar-refractivity contribution in [1.29, 1.82) is 0 Å². The molecule has 0 saturated heterocycles. The van der Waals surface area contributed by atoms with Gasteiger partial charge in [0, 0.05) is 28.4 Å². The topological polar surface area (TPSA) is 46.4 Å². The van der Waals surface area contributed by atoms with E-state index in [1.807, 2.05) is 17.5 Å². The summed E-state index contributed by atoms with van der Waals surface area (Å²) in [5.74, 6) is -0.185. The molecule has 0 aliphatic carbocycles. The second kappa shape index (κ2) is 6.53. The van der Waals surface area contributed by atoms with E-state index in [9.17, 15) is 4.79 Å². The number of hydrazone groups is 1. The molecule has 0 aliphatic heterocycles. The van der Waals surface area contributed by atoms with Crippen molar-refractivity contribution < 1.29 is 4.79 Å². The third kappa shape index (κ3) is 2.83. The molecule has 0 spiro atoms. The fourth-order valence-electron chi connectivity index (χ4n) is 3.12. The summed E-state index contributed by atoms with van der Waals surface area (Å²) in [6, 6.07) is 18.3. The van der Waals surface area contributed by atoms with Gasteiger partial charge in [-0.1, -0.05) is 30.3 Å². The van der Waals surface area contributed by atoms with Gasteiger partial charge in [0.1, 0.15) is 0 Å². The van der Waals surface area contributed by atoms with E-state index in [1.165, 1.54) is 33.1 Å². The summed E-state index contributed by atoms with van der Waals surface area (Å²) in [5, 5.41) is 8.39. The Kier molecular flexibility index (Phi) is 4.07.